The fraction of sp³-hybridized carbons (Fsp3) is 0.316. The van der Waals surface area contributed by atoms with Crippen LogP contribution in [0, 0.1) is 0 Å². The number of rotatable bonds is 8. The van der Waals surface area contributed by atoms with Crippen LogP contribution in [0.4, 0.5) is 0 Å². The molecule has 2 rings (SSSR count). The summed E-state index contributed by atoms with van der Waals surface area (Å²) in [7, 11) is 1.56. The average molecular weight is 383 g/mol. The van der Waals surface area contributed by atoms with Crippen molar-refractivity contribution in [3.8, 4) is 0 Å². The molecule has 136 valence electrons. The van der Waals surface area contributed by atoms with Gasteiger partial charge in [0.1, 0.15) is 0 Å². The first-order valence-electron chi connectivity index (χ1n) is 7.94. The van der Waals surface area contributed by atoms with E-state index in [1.54, 1.807) is 7.11 Å². The maximum Gasteiger partial charge on any atom is 0.223 e. The molecule has 0 heterocycles. The highest BCUT2D eigenvalue weighted by molar-refractivity contribution is 6.31. The smallest absolute Gasteiger partial charge is 0.223 e. The maximum absolute atomic E-state index is 12.4. The molecule has 0 aromatic heterocycles. The van der Waals surface area contributed by atoms with Crippen LogP contribution in [-0.4, -0.2) is 25.7 Å². The highest BCUT2D eigenvalue weighted by Gasteiger charge is 2.18. The van der Waals surface area contributed by atoms with Crippen molar-refractivity contribution < 1.29 is 9.53 Å². The molecule has 0 spiro atoms. The lowest BCUT2D eigenvalue weighted by Crippen LogP contribution is -2.35. The highest BCUT2D eigenvalue weighted by atomic mass is 35.5. The third-order valence-electron chi connectivity index (χ3n) is 3.93. The summed E-state index contributed by atoms with van der Waals surface area (Å²) in [6.07, 6.45) is 0.580. The SMILES string of the molecule is COC(CN)CC(=O)NC(Cc1ccccc1Cl)c1ccccc1.Cl. The van der Waals surface area contributed by atoms with Gasteiger partial charge in [0.15, 0.2) is 0 Å². The molecule has 0 aliphatic carbocycles. The zero-order valence-electron chi connectivity index (χ0n) is 14.2. The number of nitrogens with two attached hydrogens (primary N) is 1. The van der Waals surface area contributed by atoms with Crippen molar-refractivity contribution in [2.24, 2.45) is 5.73 Å². The Morgan fingerprint density at radius 3 is 2.40 bits per heavy atom. The number of hydrogen-bond acceptors (Lipinski definition) is 3. The van der Waals surface area contributed by atoms with Gasteiger partial charge in [0.2, 0.25) is 5.91 Å². The summed E-state index contributed by atoms with van der Waals surface area (Å²) in [6.45, 7) is 0.310. The second kappa shape index (κ2) is 11.1. The van der Waals surface area contributed by atoms with E-state index in [9.17, 15) is 4.79 Å². The number of nitrogens with one attached hydrogen (secondary N) is 1. The van der Waals surface area contributed by atoms with Gasteiger partial charge in [-0.3, -0.25) is 4.79 Å². The molecule has 2 aromatic rings. The highest BCUT2D eigenvalue weighted by Crippen LogP contribution is 2.23. The minimum absolute atomic E-state index is 0. The molecule has 2 aromatic carbocycles. The Hall–Kier alpha value is -1.59. The number of hydrogen-bond donors (Lipinski definition) is 2. The maximum atomic E-state index is 12.4. The van der Waals surface area contributed by atoms with Crippen LogP contribution in [0.5, 0.6) is 0 Å². The van der Waals surface area contributed by atoms with E-state index in [1.807, 2.05) is 54.6 Å². The van der Waals surface area contributed by atoms with Crippen LogP contribution in [0.1, 0.15) is 23.6 Å². The van der Waals surface area contributed by atoms with Crippen LogP contribution in [0.3, 0.4) is 0 Å². The molecule has 4 nitrogen and oxygen atoms in total. The molecular weight excluding hydrogens is 359 g/mol. The Balaban J connectivity index is 0.00000312. The van der Waals surface area contributed by atoms with Gasteiger partial charge in [0, 0.05) is 18.7 Å². The first-order valence-corrected chi connectivity index (χ1v) is 8.32. The van der Waals surface area contributed by atoms with Crippen molar-refractivity contribution in [2.45, 2.75) is 25.0 Å². The van der Waals surface area contributed by atoms with Gasteiger partial charge in [-0.25, -0.2) is 0 Å². The van der Waals surface area contributed by atoms with Crippen molar-refractivity contribution in [2.75, 3.05) is 13.7 Å². The van der Waals surface area contributed by atoms with E-state index in [4.69, 9.17) is 22.1 Å². The molecule has 0 aliphatic rings. The van der Waals surface area contributed by atoms with E-state index in [0.29, 0.717) is 18.0 Å². The van der Waals surface area contributed by atoms with Gasteiger partial charge in [-0.15, -0.1) is 12.4 Å². The van der Waals surface area contributed by atoms with Gasteiger partial charge >= 0.3 is 0 Å². The van der Waals surface area contributed by atoms with E-state index < -0.39 is 0 Å². The Morgan fingerprint density at radius 1 is 1.16 bits per heavy atom. The summed E-state index contributed by atoms with van der Waals surface area (Å²) >= 11 is 6.27. The monoisotopic (exact) mass is 382 g/mol. The number of halogens is 2. The molecule has 0 saturated heterocycles. The summed E-state index contributed by atoms with van der Waals surface area (Å²) in [5.41, 5.74) is 7.62. The van der Waals surface area contributed by atoms with E-state index in [-0.39, 0.29) is 36.9 Å². The molecule has 2 atom stereocenters. The van der Waals surface area contributed by atoms with E-state index >= 15 is 0 Å². The molecule has 0 saturated carbocycles. The van der Waals surface area contributed by atoms with E-state index in [0.717, 1.165) is 11.1 Å². The molecule has 1 amide bonds. The Labute approximate surface area is 160 Å². The molecule has 25 heavy (non-hydrogen) atoms. The Morgan fingerprint density at radius 2 is 1.80 bits per heavy atom. The zero-order valence-corrected chi connectivity index (χ0v) is 15.7. The first kappa shape index (κ1) is 21.5. The van der Waals surface area contributed by atoms with E-state index in [2.05, 4.69) is 5.32 Å². The van der Waals surface area contributed by atoms with Crippen LogP contribution in [-0.2, 0) is 16.0 Å². The Bertz CT molecular complexity index is 649. The summed E-state index contributed by atoms with van der Waals surface area (Å²) in [5, 5.41) is 3.77. The fourth-order valence-corrected chi connectivity index (χ4v) is 2.76. The standard InChI is InChI=1S/C19H23ClN2O2.ClH/c1-24-16(13-21)12-19(23)22-18(14-7-3-2-4-8-14)11-15-9-5-6-10-17(15)20;/h2-10,16,18H,11-13,21H2,1H3,(H,22,23);1H. The van der Waals surface area contributed by atoms with E-state index in [1.165, 1.54) is 0 Å². The number of benzene rings is 2. The third kappa shape index (κ3) is 6.67. The normalized spacial score (nSPS) is 12.8. The van der Waals surface area contributed by atoms with Crippen LogP contribution >= 0.6 is 24.0 Å². The van der Waals surface area contributed by atoms with Crippen LogP contribution in [0.2, 0.25) is 5.02 Å². The molecule has 2 unspecified atom stereocenters. The van der Waals surface area contributed by atoms with Gasteiger partial charge in [0.05, 0.1) is 18.6 Å². The molecule has 0 fully saturated rings. The Kier molecular flexibility index (Phi) is 9.53. The lowest BCUT2D eigenvalue weighted by atomic mass is 9.98. The summed E-state index contributed by atoms with van der Waals surface area (Å²) < 4.78 is 5.19. The lowest BCUT2D eigenvalue weighted by molar-refractivity contribution is -0.124. The van der Waals surface area contributed by atoms with Gasteiger partial charge in [-0.1, -0.05) is 60.1 Å². The van der Waals surface area contributed by atoms with Crippen molar-refractivity contribution in [3.63, 3.8) is 0 Å². The van der Waals surface area contributed by atoms with Gasteiger partial charge in [0.25, 0.3) is 0 Å². The number of carbonyl (C=O) groups is 1. The second-order valence-corrected chi connectivity index (χ2v) is 6.03. The fourth-order valence-electron chi connectivity index (χ4n) is 2.54. The lowest BCUT2D eigenvalue weighted by Gasteiger charge is -2.21. The van der Waals surface area contributed by atoms with Gasteiger partial charge in [-0.2, -0.15) is 0 Å². The predicted molar refractivity (Wildman–Crippen MR) is 104 cm³/mol. The minimum atomic E-state index is -0.276. The van der Waals surface area contributed by atoms with Crippen LogP contribution < -0.4 is 11.1 Å². The van der Waals surface area contributed by atoms with Crippen molar-refractivity contribution >= 4 is 29.9 Å². The van der Waals surface area contributed by atoms with Crippen molar-refractivity contribution in [1.82, 2.24) is 5.32 Å². The van der Waals surface area contributed by atoms with Crippen LogP contribution in [0.15, 0.2) is 54.6 Å². The largest absolute Gasteiger partial charge is 0.380 e. The van der Waals surface area contributed by atoms with Gasteiger partial charge < -0.3 is 15.8 Å². The molecule has 0 aliphatic heterocycles. The number of amides is 1. The average Bonchev–Trinajstić information content (AvgIpc) is 2.61. The van der Waals surface area contributed by atoms with Crippen molar-refractivity contribution in [3.05, 3.63) is 70.7 Å². The molecular formula is C19H24Cl2N2O2. The second-order valence-electron chi connectivity index (χ2n) is 5.62. The number of ether oxygens (including phenoxy) is 1. The quantitative estimate of drug-likeness (QED) is 0.733. The molecule has 0 radical (unpaired) electrons. The zero-order chi connectivity index (χ0) is 17.4. The van der Waals surface area contributed by atoms with Gasteiger partial charge in [-0.05, 0) is 23.6 Å². The number of methoxy groups -OCH3 is 1. The minimum Gasteiger partial charge on any atom is -0.380 e. The molecule has 3 N–H and O–H groups in total. The summed E-state index contributed by atoms with van der Waals surface area (Å²) in [6, 6.07) is 17.4. The summed E-state index contributed by atoms with van der Waals surface area (Å²) in [5.74, 6) is -0.0896. The first-order chi connectivity index (χ1) is 11.6. The molecule has 0 bridgehead atoms. The number of carbonyl (C=O) groups excluding carboxylic acids is 1. The predicted octanol–water partition coefficient (Wildman–Crippen LogP) is 3.53. The molecule has 6 heteroatoms. The van der Waals surface area contributed by atoms with Crippen LogP contribution in [0.25, 0.3) is 0 Å². The van der Waals surface area contributed by atoms with Crippen molar-refractivity contribution in [1.29, 1.82) is 0 Å². The topological polar surface area (TPSA) is 64.3 Å². The summed E-state index contributed by atoms with van der Waals surface area (Å²) in [4.78, 5) is 12.4. The third-order valence-corrected chi connectivity index (χ3v) is 4.30.